The van der Waals surface area contributed by atoms with Gasteiger partial charge in [0.05, 0.1) is 13.2 Å². The first-order valence-corrected chi connectivity index (χ1v) is 5.11. The molecule has 0 amide bonds. The van der Waals surface area contributed by atoms with Crippen molar-refractivity contribution in [3.8, 4) is 0 Å². The lowest BCUT2D eigenvalue weighted by Gasteiger charge is -2.18. The minimum absolute atomic E-state index is 0. The lowest BCUT2D eigenvalue weighted by molar-refractivity contribution is 0.0941. The lowest BCUT2D eigenvalue weighted by Crippen LogP contribution is -2.21. The zero-order chi connectivity index (χ0) is 10.1. The number of hydrogen-bond acceptors (Lipinski definition) is 2. The third-order valence-corrected chi connectivity index (χ3v) is 2.91. The van der Waals surface area contributed by atoms with Gasteiger partial charge < -0.3 is 10.5 Å². The predicted octanol–water partition coefficient (Wildman–Crippen LogP) is 2.58. The van der Waals surface area contributed by atoms with Crippen LogP contribution in [0.25, 0.3) is 0 Å². The summed E-state index contributed by atoms with van der Waals surface area (Å²) in [6.07, 6.45) is 0. The number of ether oxygens (including phenoxy) is 1. The maximum atomic E-state index is 6.18. The van der Waals surface area contributed by atoms with Crippen LogP contribution in [0, 0.1) is 12.8 Å². The summed E-state index contributed by atoms with van der Waals surface area (Å²) in [5, 5.41) is 0. The molecule has 1 aromatic rings. The second-order valence-electron chi connectivity index (χ2n) is 4.22. The Labute approximate surface area is 97.2 Å². The highest BCUT2D eigenvalue weighted by Crippen LogP contribution is 2.28. The summed E-state index contributed by atoms with van der Waals surface area (Å²) in [6, 6.07) is 6.55. The Morgan fingerprint density at radius 2 is 2.13 bits per heavy atom. The number of aryl methyl sites for hydroxylation is 1. The standard InChI is InChI=1S/C12H17NO.ClH/c1-8-3-4-10-7-14-6-9(2)12(13)11(10)5-8;/h3-5,9,12H,6-7,13H2,1-2H3;1H/t9-,12+;/m0./s1. The van der Waals surface area contributed by atoms with Crippen LogP contribution >= 0.6 is 12.4 Å². The number of halogens is 1. The van der Waals surface area contributed by atoms with Crippen molar-refractivity contribution in [1.82, 2.24) is 0 Å². The molecule has 0 fully saturated rings. The predicted molar refractivity (Wildman–Crippen MR) is 64.2 cm³/mol. The van der Waals surface area contributed by atoms with Gasteiger partial charge in [0, 0.05) is 6.04 Å². The normalized spacial score (nSPS) is 25.0. The van der Waals surface area contributed by atoms with Gasteiger partial charge >= 0.3 is 0 Å². The van der Waals surface area contributed by atoms with Gasteiger partial charge in [-0.2, -0.15) is 0 Å². The van der Waals surface area contributed by atoms with Gasteiger partial charge in [-0.05, 0) is 24.0 Å². The lowest BCUT2D eigenvalue weighted by atomic mass is 9.92. The molecule has 0 unspecified atom stereocenters. The van der Waals surface area contributed by atoms with Gasteiger partial charge in [0.1, 0.15) is 0 Å². The van der Waals surface area contributed by atoms with Crippen LogP contribution in [-0.2, 0) is 11.3 Å². The molecule has 2 atom stereocenters. The average Bonchev–Trinajstić information content (AvgIpc) is 2.30. The molecule has 0 bridgehead atoms. The van der Waals surface area contributed by atoms with Crippen LogP contribution in [0.3, 0.4) is 0 Å². The Morgan fingerprint density at radius 3 is 2.87 bits per heavy atom. The SMILES string of the molecule is Cc1ccc2c(c1)[C@H](N)[C@@H](C)COC2.Cl. The fraction of sp³-hybridized carbons (Fsp3) is 0.500. The van der Waals surface area contributed by atoms with Crippen molar-refractivity contribution in [2.75, 3.05) is 6.61 Å². The second-order valence-corrected chi connectivity index (χ2v) is 4.22. The molecule has 84 valence electrons. The number of rotatable bonds is 0. The van der Waals surface area contributed by atoms with Gasteiger partial charge in [-0.3, -0.25) is 0 Å². The van der Waals surface area contributed by atoms with Crippen LogP contribution in [0.4, 0.5) is 0 Å². The van der Waals surface area contributed by atoms with Crippen LogP contribution in [-0.4, -0.2) is 6.61 Å². The molecule has 2 rings (SSSR count). The molecule has 0 saturated heterocycles. The molecule has 0 radical (unpaired) electrons. The third kappa shape index (κ3) is 2.51. The molecular formula is C12H18ClNO. The smallest absolute Gasteiger partial charge is 0.0720 e. The first-order chi connectivity index (χ1) is 6.68. The molecule has 1 aliphatic rings. The zero-order valence-corrected chi connectivity index (χ0v) is 10.0. The summed E-state index contributed by atoms with van der Waals surface area (Å²) in [7, 11) is 0. The van der Waals surface area contributed by atoms with E-state index >= 15 is 0 Å². The summed E-state index contributed by atoms with van der Waals surface area (Å²) >= 11 is 0. The number of hydrogen-bond donors (Lipinski definition) is 1. The topological polar surface area (TPSA) is 35.2 Å². The maximum absolute atomic E-state index is 6.18. The van der Waals surface area contributed by atoms with Gasteiger partial charge in [0.15, 0.2) is 0 Å². The maximum Gasteiger partial charge on any atom is 0.0720 e. The van der Waals surface area contributed by atoms with E-state index in [9.17, 15) is 0 Å². The van der Waals surface area contributed by atoms with Gasteiger partial charge in [0.25, 0.3) is 0 Å². The number of fused-ring (bicyclic) bond motifs is 1. The van der Waals surface area contributed by atoms with Gasteiger partial charge in [-0.15, -0.1) is 12.4 Å². The minimum atomic E-state index is 0. The van der Waals surface area contributed by atoms with Crippen molar-refractivity contribution in [1.29, 1.82) is 0 Å². The zero-order valence-electron chi connectivity index (χ0n) is 9.19. The molecule has 15 heavy (non-hydrogen) atoms. The van der Waals surface area contributed by atoms with E-state index in [0.29, 0.717) is 12.5 Å². The first kappa shape index (κ1) is 12.5. The van der Waals surface area contributed by atoms with Crippen molar-refractivity contribution in [3.05, 3.63) is 34.9 Å². The second kappa shape index (κ2) is 4.97. The van der Waals surface area contributed by atoms with Gasteiger partial charge in [-0.1, -0.05) is 30.7 Å². The average molecular weight is 228 g/mol. The number of benzene rings is 1. The summed E-state index contributed by atoms with van der Waals surface area (Å²) in [5.74, 6) is 0.401. The van der Waals surface area contributed by atoms with Crippen molar-refractivity contribution in [2.45, 2.75) is 26.5 Å². The Balaban J connectivity index is 0.00000112. The molecule has 0 aliphatic carbocycles. The van der Waals surface area contributed by atoms with Crippen molar-refractivity contribution >= 4 is 12.4 Å². The van der Waals surface area contributed by atoms with Crippen molar-refractivity contribution in [3.63, 3.8) is 0 Å². The highest BCUT2D eigenvalue weighted by Gasteiger charge is 2.21. The summed E-state index contributed by atoms with van der Waals surface area (Å²) in [4.78, 5) is 0. The fourth-order valence-corrected chi connectivity index (χ4v) is 1.92. The van der Waals surface area contributed by atoms with E-state index < -0.39 is 0 Å². The largest absolute Gasteiger partial charge is 0.376 e. The van der Waals surface area contributed by atoms with Crippen LogP contribution in [0.15, 0.2) is 18.2 Å². The molecule has 0 spiro atoms. The van der Waals surface area contributed by atoms with E-state index in [1.54, 1.807) is 0 Å². The van der Waals surface area contributed by atoms with Crippen molar-refractivity contribution < 1.29 is 4.74 Å². The molecule has 0 saturated carbocycles. The Morgan fingerprint density at radius 1 is 1.40 bits per heavy atom. The monoisotopic (exact) mass is 227 g/mol. The third-order valence-electron chi connectivity index (χ3n) is 2.91. The van der Waals surface area contributed by atoms with E-state index in [1.807, 2.05) is 0 Å². The van der Waals surface area contributed by atoms with Crippen LogP contribution in [0.2, 0.25) is 0 Å². The summed E-state index contributed by atoms with van der Waals surface area (Å²) < 4.78 is 5.56. The Bertz CT molecular complexity index is 340. The molecule has 1 aliphatic heterocycles. The van der Waals surface area contributed by atoms with E-state index in [-0.39, 0.29) is 18.4 Å². The van der Waals surface area contributed by atoms with Crippen LogP contribution in [0.5, 0.6) is 0 Å². The van der Waals surface area contributed by atoms with E-state index in [4.69, 9.17) is 10.5 Å². The van der Waals surface area contributed by atoms with Gasteiger partial charge in [-0.25, -0.2) is 0 Å². The van der Waals surface area contributed by atoms with Gasteiger partial charge in [0.2, 0.25) is 0 Å². The molecular weight excluding hydrogens is 210 g/mol. The van der Waals surface area contributed by atoms with Crippen molar-refractivity contribution in [2.24, 2.45) is 11.7 Å². The highest BCUT2D eigenvalue weighted by atomic mass is 35.5. The summed E-state index contributed by atoms with van der Waals surface area (Å²) in [5.41, 5.74) is 9.95. The molecule has 0 aromatic heterocycles. The van der Waals surface area contributed by atoms with E-state index in [1.165, 1.54) is 16.7 Å². The molecule has 1 aromatic carbocycles. The van der Waals surface area contributed by atoms with Crippen LogP contribution in [0.1, 0.15) is 29.7 Å². The highest BCUT2D eigenvalue weighted by molar-refractivity contribution is 5.85. The van der Waals surface area contributed by atoms with Crippen LogP contribution < -0.4 is 5.73 Å². The molecule has 1 heterocycles. The minimum Gasteiger partial charge on any atom is -0.376 e. The first-order valence-electron chi connectivity index (χ1n) is 5.11. The Hall–Kier alpha value is -0.570. The molecule has 2 nitrogen and oxygen atoms in total. The number of nitrogens with two attached hydrogens (primary N) is 1. The fourth-order valence-electron chi connectivity index (χ4n) is 1.92. The molecule has 3 heteroatoms. The summed E-state index contributed by atoms with van der Waals surface area (Å²) in [6.45, 7) is 5.70. The van der Waals surface area contributed by atoms with E-state index in [2.05, 4.69) is 32.0 Å². The molecule has 2 N–H and O–H groups in total. The quantitative estimate of drug-likeness (QED) is 0.740. The Kier molecular flexibility index (Phi) is 4.14. The van der Waals surface area contributed by atoms with E-state index in [0.717, 1.165) is 6.61 Å².